The molecule has 0 bridgehead atoms. The van der Waals surface area contributed by atoms with Crippen molar-refractivity contribution in [3.8, 4) is 0 Å². The highest BCUT2D eigenvalue weighted by Gasteiger charge is 2.29. The fourth-order valence-corrected chi connectivity index (χ4v) is 3.25. The molecule has 5 nitrogen and oxygen atoms in total. The van der Waals surface area contributed by atoms with Crippen LogP contribution in [0.1, 0.15) is 35.9 Å². The van der Waals surface area contributed by atoms with Gasteiger partial charge in [-0.05, 0) is 37.6 Å². The molecule has 0 radical (unpaired) electrons. The number of hydrogen-bond acceptors (Lipinski definition) is 4. The average molecular weight is 310 g/mol. The van der Waals surface area contributed by atoms with Gasteiger partial charge in [-0.3, -0.25) is 9.59 Å². The van der Waals surface area contributed by atoms with Gasteiger partial charge in [0.15, 0.2) is 0 Å². The number of aliphatic hydroxyl groups is 1. The van der Waals surface area contributed by atoms with Crippen molar-refractivity contribution in [1.29, 1.82) is 0 Å². The Bertz CT molecular complexity index is 475. The van der Waals surface area contributed by atoms with Crippen molar-refractivity contribution >= 4 is 23.2 Å². The SMILES string of the molecule is CC(CCO)NC(=O)C1CCCN(C(=O)c2cccs2)C1. The highest BCUT2D eigenvalue weighted by atomic mass is 32.1. The monoisotopic (exact) mass is 310 g/mol. The topological polar surface area (TPSA) is 69.6 Å². The van der Waals surface area contributed by atoms with Crippen molar-refractivity contribution in [2.45, 2.75) is 32.2 Å². The second-order valence-electron chi connectivity index (χ2n) is 5.49. The summed E-state index contributed by atoms with van der Waals surface area (Å²) in [6, 6.07) is 3.65. The third kappa shape index (κ3) is 4.28. The fraction of sp³-hybridized carbons (Fsp3) is 0.600. The molecule has 2 amide bonds. The molecule has 21 heavy (non-hydrogen) atoms. The minimum atomic E-state index is -0.149. The number of thiophene rings is 1. The van der Waals surface area contributed by atoms with Gasteiger partial charge in [0.05, 0.1) is 10.8 Å². The molecule has 1 saturated heterocycles. The molecule has 0 saturated carbocycles. The quantitative estimate of drug-likeness (QED) is 0.865. The molecule has 0 aliphatic carbocycles. The lowest BCUT2D eigenvalue weighted by Gasteiger charge is -2.32. The first-order chi connectivity index (χ1) is 10.1. The van der Waals surface area contributed by atoms with Crippen LogP contribution >= 0.6 is 11.3 Å². The van der Waals surface area contributed by atoms with Crippen LogP contribution < -0.4 is 5.32 Å². The van der Waals surface area contributed by atoms with Gasteiger partial charge in [0.1, 0.15) is 0 Å². The van der Waals surface area contributed by atoms with E-state index in [1.165, 1.54) is 11.3 Å². The minimum absolute atomic E-state index is 0.0142. The molecule has 116 valence electrons. The molecule has 0 aromatic carbocycles. The Morgan fingerprint density at radius 1 is 1.57 bits per heavy atom. The maximum atomic E-state index is 12.3. The molecule has 2 atom stereocenters. The number of carbonyl (C=O) groups excluding carboxylic acids is 2. The van der Waals surface area contributed by atoms with Gasteiger partial charge in [-0.25, -0.2) is 0 Å². The predicted octanol–water partition coefficient (Wildman–Crippen LogP) is 1.49. The van der Waals surface area contributed by atoms with Gasteiger partial charge in [-0.1, -0.05) is 6.07 Å². The Balaban J connectivity index is 1.91. The Labute approximate surface area is 129 Å². The van der Waals surface area contributed by atoms with E-state index < -0.39 is 0 Å². The van der Waals surface area contributed by atoms with Crippen LogP contribution in [0.15, 0.2) is 17.5 Å². The van der Waals surface area contributed by atoms with Gasteiger partial charge >= 0.3 is 0 Å². The van der Waals surface area contributed by atoms with Gasteiger partial charge in [0.2, 0.25) is 5.91 Å². The lowest BCUT2D eigenvalue weighted by molar-refractivity contribution is -0.127. The number of piperidine rings is 1. The number of likely N-dealkylation sites (tertiary alicyclic amines) is 1. The number of aliphatic hydroxyl groups excluding tert-OH is 1. The summed E-state index contributed by atoms with van der Waals surface area (Å²) < 4.78 is 0. The van der Waals surface area contributed by atoms with Crippen LogP contribution in [0.3, 0.4) is 0 Å². The third-order valence-corrected chi connectivity index (χ3v) is 4.62. The molecular formula is C15H22N2O3S. The predicted molar refractivity (Wildman–Crippen MR) is 82.3 cm³/mol. The molecule has 2 heterocycles. The number of amides is 2. The first kappa shape index (κ1) is 16.0. The van der Waals surface area contributed by atoms with Crippen LogP contribution in [0.2, 0.25) is 0 Å². The lowest BCUT2D eigenvalue weighted by atomic mass is 9.96. The minimum Gasteiger partial charge on any atom is -0.396 e. The first-order valence-corrected chi connectivity index (χ1v) is 8.23. The highest BCUT2D eigenvalue weighted by Crippen LogP contribution is 2.20. The van der Waals surface area contributed by atoms with E-state index in [1.54, 1.807) is 4.90 Å². The van der Waals surface area contributed by atoms with E-state index in [1.807, 2.05) is 24.4 Å². The first-order valence-electron chi connectivity index (χ1n) is 7.36. The molecule has 6 heteroatoms. The van der Waals surface area contributed by atoms with E-state index in [0.717, 1.165) is 17.7 Å². The Hall–Kier alpha value is -1.40. The van der Waals surface area contributed by atoms with Gasteiger partial charge in [0, 0.05) is 25.7 Å². The van der Waals surface area contributed by atoms with Crippen LogP contribution in [-0.4, -0.2) is 47.6 Å². The van der Waals surface area contributed by atoms with Gasteiger partial charge < -0.3 is 15.3 Å². The van der Waals surface area contributed by atoms with Crippen molar-refractivity contribution in [3.05, 3.63) is 22.4 Å². The number of nitrogens with one attached hydrogen (secondary N) is 1. The van der Waals surface area contributed by atoms with Crippen LogP contribution in [0.25, 0.3) is 0 Å². The largest absolute Gasteiger partial charge is 0.396 e. The van der Waals surface area contributed by atoms with Crippen molar-refractivity contribution in [3.63, 3.8) is 0 Å². The Morgan fingerprint density at radius 3 is 3.05 bits per heavy atom. The van der Waals surface area contributed by atoms with E-state index in [9.17, 15) is 9.59 Å². The summed E-state index contributed by atoms with van der Waals surface area (Å²) in [5.41, 5.74) is 0. The van der Waals surface area contributed by atoms with Gasteiger partial charge in [0.25, 0.3) is 5.91 Å². The Kier molecular flexibility index (Phi) is 5.76. The number of rotatable bonds is 5. The zero-order valence-corrected chi connectivity index (χ0v) is 13.1. The van der Waals surface area contributed by atoms with E-state index in [0.29, 0.717) is 19.5 Å². The smallest absolute Gasteiger partial charge is 0.263 e. The van der Waals surface area contributed by atoms with E-state index in [2.05, 4.69) is 5.32 Å². The van der Waals surface area contributed by atoms with E-state index in [4.69, 9.17) is 5.11 Å². The Morgan fingerprint density at radius 2 is 2.38 bits per heavy atom. The molecule has 1 aromatic rings. The summed E-state index contributed by atoms with van der Waals surface area (Å²) in [4.78, 5) is 27.0. The summed E-state index contributed by atoms with van der Waals surface area (Å²) >= 11 is 1.43. The summed E-state index contributed by atoms with van der Waals surface area (Å²) in [6.07, 6.45) is 2.21. The van der Waals surface area contributed by atoms with Crippen LogP contribution in [0.4, 0.5) is 0 Å². The fourth-order valence-electron chi connectivity index (χ4n) is 2.56. The van der Waals surface area contributed by atoms with Gasteiger partial charge in [-0.2, -0.15) is 0 Å². The molecule has 1 aliphatic heterocycles. The standard InChI is InChI=1S/C15H22N2O3S/c1-11(6-8-18)16-14(19)12-4-2-7-17(10-12)15(20)13-5-3-9-21-13/h3,5,9,11-12,18H,2,4,6-8,10H2,1H3,(H,16,19). The number of hydrogen-bond donors (Lipinski definition) is 2. The molecule has 2 unspecified atom stereocenters. The third-order valence-electron chi connectivity index (χ3n) is 3.76. The van der Waals surface area contributed by atoms with Crippen molar-refractivity contribution in [2.75, 3.05) is 19.7 Å². The number of nitrogens with zero attached hydrogens (tertiary/aromatic N) is 1. The van der Waals surface area contributed by atoms with Crippen molar-refractivity contribution < 1.29 is 14.7 Å². The average Bonchev–Trinajstić information content (AvgIpc) is 3.01. The summed E-state index contributed by atoms with van der Waals surface area (Å²) in [7, 11) is 0. The second kappa shape index (κ2) is 7.56. The second-order valence-corrected chi connectivity index (χ2v) is 6.44. The maximum absolute atomic E-state index is 12.3. The van der Waals surface area contributed by atoms with Crippen molar-refractivity contribution in [1.82, 2.24) is 10.2 Å². The normalized spacial score (nSPS) is 20.1. The highest BCUT2D eigenvalue weighted by molar-refractivity contribution is 7.12. The summed E-state index contributed by atoms with van der Waals surface area (Å²) in [5.74, 6) is -0.144. The van der Waals surface area contributed by atoms with Crippen LogP contribution in [0, 0.1) is 5.92 Å². The molecule has 0 spiro atoms. The molecule has 1 aromatic heterocycles. The van der Waals surface area contributed by atoms with E-state index in [-0.39, 0.29) is 30.4 Å². The molecule has 2 N–H and O–H groups in total. The zero-order chi connectivity index (χ0) is 15.2. The zero-order valence-electron chi connectivity index (χ0n) is 12.2. The van der Waals surface area contributed by atoms with Crippen LogP contribution in [0.5, 0.6) is 0 Å². The van der Waals surface area contributed by atoms with Crippen molar-refractivity contribution in [2.24, 2.45) is 5.92 Å². The lowest BCUT2D eigenvalue weighted by Crippen LogP contribution is -2.47. The maximum Gasteiger partial charge on any atom is 0.263 e. The summed E-state index contributed by atoms with van der Waals surface area (Å²) in [6.45, 7) is 3.14. The molecular weight excluding hydrogens is 288 g/mol. The van der Waals surface area contributed by atoms with E-state index >= 15 is 0 Å². The molecule has 1 aliphatic rings. The van der Waals surface area contributed by atoms with Gasteiger partial charge in [-0.15, -0.1) is 11.3 Å². The molecule has 2 rings (SSSR count). The van der Waals surface area contributed by atoms with Crippen LogP contribution in [-0.2, 0) is 4.79 Å². The molecule has 1 fully saturated rings. The number of carbonyl (C=O) groups is 2. The summed E-state index contributed by atoms with van der Waals surface area (Å²) in [5, 5.41) is 13.7.